The summed E-state index contributed by atoms with van der Waals surface area (Å²) in [7, 11) is 0. The summed E-state index contributed by atoms with van der Waals surface area (Å²) in [6.45, 7) is 7.93. The molecule has 1 aromatic carbocycles. The maximum Gasteiger partial charge on any atom is 0.0707 e. The van der Waals surface area contributed by atoms with Crippen molar-refractivity contribution in [3.63, 3.8) is 0 Å². The normalized spacial score (nSPS) is 16.5. The van der Waals surface area contributed by atoms with Gasteiger partial charge in [0.05, 0.1) is 5.69 Å². The van der Waals surface area contributed by atoms with E-state index in [9.17, 15) is 0 Å². The lowest BCUT2D eigenvalue weighted by Gasteiger charge is -2.23. The van der Waals surface area contributed by atoms with Gasteiger partial charge >= 0.3 is 0 Å². The second-order valence-electron chi connectivity index (χ2n) is 6.45. The van der Waals surface area contributed by atoms with Crippen LogP contribution in [0.1, 0.15) is 42.4 Å². The van der Waals surface area contributed by atoms with E-state index in [1.165, 1.54) is 61.0 Å². The summed E-state index contributed by atoms with van der Waals surface area (Å²) in [4.78, 5) is 7.22. The van der Waals surface area contributed by atoms with E-state index in [2.05, 4.69) is 48.0 Å². The van der Waals surface area contributed by atoms with Crippen molar-refractivity contribution in [2.45, 2.75) is 46.1 Å². The van der Waals surface area contributed by atoms with Gasteiger partial charge in [-0.25, -0.2) is 0 Å². The van der Waals surface area contributed by atoms with Crippen molar-refractivity contribution >= 4 is 0 Å². The molecule has 1 saturated heterocycles. The van der Waals surface area contributed by atoms with Gasteiger partial charge in [-0.3, -0.25) is 9.88 Å². The quantitative estimate of drug-likeness (QED) is 0.812. The van der Waals surface area contributed by atoms with E-state index in [4.69, 9.17) is 0 Å². The van der Waals surface area contributed by atoms with Gasteiger partial charge in [-0.05, 0) is 68.6 Å². The Bertz CT molecular complexity index is 611. The zero-order chi connectivity index (χ0) is 15.4. The number of hydrogen-bond acceptors (Lipinski definition) is 2. The number of hydrogen-bond donors (Lipinski definition) is 0. The molecule has 0 amide bonds. The highest BCUT2D eigenvalue weighted by molar-refractivity contribution is 5.69. The van der Waals surface area contributed by atoms with E-state index in [1.807, 2.05) is 12.3 Å². The molecule has 22 heavy (non-hydrogen) atoms. The zero-order valence-corrected chi connectivity index (χ0v) is 13.8. The van der Waals surface area contributed by atoms with Gasteiger partial charge in [0.2, 0.25) is 0 Å². The highest BCUT2D eigenvalue weighted by Gasteiger charge is 2.15. The molecule has 2 heterocycles. The molecule has 3 rings (SSSR count). The Morgan fingerprint density at radius 3 is 2.41 bits per heavy atom. The van der Waals surface area contributed by atoms with Crippen molar-refractivity contribution in [1.29, 1.82) is 0 Å². The highest BCUT2D eigenvalue weighted by atomic mass is 15.1. The molecule has 0 aliphatic carbocycles. The van der Waals surface area contributed by atoms with Crippen molar-refractivity contribution in [2.24, 2.45) is 0 Å². The Balaban J connectivity index is 1.95. The minimum atomic E-state index is 1.05. The van der Waals surface area contributed by atoms with Crippen LogP contribution in [0.5, 0.6) is 0 Å². The number of likely N-dealkylation sites (tertiary alicyclic amines) is 1. The second kappa shape index (κ2) is 7.06. The Hall–Kier alpha value is -1.67. The van der Waals surface area contributed by atoms with Crippen LogP contribution in [0.3, 0.4) is 0 Å². The van der Waals surface area contributed by atoms with Crippen molar-refractivity contribution in [1.82, 2.24) is 9.88 Å². The first kappa shape index (κ1) is 15.2. The van der Waals surface area contributed by atoms with Crippen molar-refractivity contribution < 1.29 is 0 Å². The molecule has 116 valence electrons. The van der Waals surface area contributed by atoms with Gasteiger partial charge < -0.3 is 0 Å². The first-order chi connectivity index (χ1) is 10.8. The van der Waals surface area contributed by atoms with Crippen LogP contribution in [0.25, 0.3) is 11.3 Å². The lowest BCUT2D eigenvalue weighted by molar-refractivity contribution is 0.277. The van der Waals surface area contributed by atoms with Crippen LogP contribution in [0, 0.1) is 13.8 Å². The summed E-state index contributed by atoms with van der Waals surface area (Å²) in [6, 6.07) is 10.8. The molecule has 1 fully saturated rings. The third-order valence-electron chi connectivity index (χ3n) is 4.84. The monoisotopic (exact) mass is 294 g/mol. The Kier molecular flexibility index (Phi) is 4.89. The molecule has 0 unspecified atom stereocenters. The van der Waals surface area contributed by atoms with E-state index in [0.717, 1.165) is 12.2 Å². The number of pyridine rings is 1. The average molecular weight is 294 g/mol. The number of benzene rings is 1. The topological polar surface area (TPSA) is 16.1 Å². The molecule has 0 spiro atoms. The van der Waals surface area contributed by atoms with E-state index >= 15 is 0 Å². The third-order valence-corrected chi connectivity index (χ3v) is 4.84. The van der Waals surface area contributed by atoms with Crippen molar-refractivity contribution in [3.8, 4) is 11.3 Å². The Labute approximate surface area is 134 Å². The van der Waals surface area contributed by atoms with E-state index in [1.54, 1.807) is 0 Å². The van der Waals surface area contributed by atoms with Gasteiger partial charge in [0.1, 0.15) is 0 Å². The van der Waals surface area contributed by atoms with Gasteiger partial charge in [-0.15, -0.1) is 0 Å². The predicted octanol–water partition coefficient (Wildman–Crippen LogP) is 4.74. The fourth-order valence-electron chi connectivity index (χ4n) is 3.41. The Morgan fingerprint density at radius 2 is 1.73 bits per heavy atom. The molecular weight excluding hydrogens is 268 g/mol. The lowest BCUT2D eigenvalue weighted by atomic mass is 9.94. The molecule has 1 aliphatic heterocycles. The average Bonchev–Trinajstić information content (AvgIpc) is 2.81. The molecule has 0 N–H and O–H groups in total. The number of aromatic nitrogens is 1. The van der Waals surface area contributed by atoms with Crippen LogP contribution in [0.15, 0.2) is 36.5 Å². The Morgan fingerprint density at radius 1 is 0.955 bits per heavy atom. The van der Waals surface area contributed by atoms with Crippen LogP contribution in [0.2, 0.25) is 0 Å². The second-order valence-corrected chi connectivity index (χ2v) is 6.45. The van der Waals surface area contributed by atoms with Gasteiger partial charge in [0.25, 0.3) is 0 Å². The minimum absolute atomic E-state index is 1.05. The first-order valence-electron chi connectivity index (χ1n) is 8.48. The fraction of sp³-hybridized carbons (Fsp3) is 0.450. The fourth-order valence-corrected chi connectivity index (χ4v) is 3.41. The largest absolute Gasteiger partial charge is 0.299 e. The maximum atomic E-state index is 4.60. The van der Waals surface area contributed by atoms with E-state index in [-0.39, 0.29) is 0 Å². The molecule has 2 heteroatoms. The molecule has 2 aromatic rings. The van der Waals surface area contributed by atoms with Crippen molar-refractivity contribution in [3.05, 3.63) is 53.2 Å². The van der Waals surface area contributed by atoms with Crippen LogP contribution in [-0.4, -0.2) is 23.0 Å². The van der Waals surface area contributed by atoms with Gasteiger partial charge in [-0.1, -0.05) is 31.0 Å². The van der Waals surface area contributed by atoms with Crippen LogP contribution in [0.4, 0.5) is 0 Å². The summed E-state index contributed by atoms with van der Waals surface area (Å²) in [6.07, 6.45) is 7.34. The van der Waals surface area contributed by atoms with Gasteiger partial charge in [0, 0.05) is 18.3 Å². The summed E-state index contributed by atoms with van der Waals surface area (Å²) in [5, 5.41) is 0. The van der Waals surface area contributed by atoms with E-state index < -0.39 is 0 Å². The number of nitrogens with zero attached hydrogens (tertiary/aromatic N) is 2. The molecule has 1 aliphatic rings. The highest BCUT2D eigenvalue weighted by Crippen LogP contribution is 2.29. The molecule has 2 nitrogen and oxygen atoms in total. The van der Waals surface area contributed by atoms with Gasteiger partial charge in [0.15, 0.2) is 0 Å². The molecule has 0 atom stereocenters. The first-order valence-corrected chi connectivity index (χ1v) is 8.48. The summed E-state index contributed by atoms with van der Waals surface area (Å²) in [5.41, 5.74) is 6.58. The van der Waals surface area contributed by atoms with Crippen LogP contribution in [-0.2, 0) is 6.54 Å². The minimum Gasteiger partial charge on any atom is -0.299 e. The summed E-state index contributed by atoms with van der Waals surface area (Å²) in [5.74, 6) is 0. The predicted molar refractivity (Wildman–Crippen MR) is 92.9 cm³/mol. The maximum absolute atomic E-state index is 4.60. The summed E-state index contributed by atoms with van der Waals surface area (Å²) >= 11 is 0. The molecule has 0 bridgehead atoms. The van der Waals surface area contributed by atoms with Crippen LogP contribution >= 0.6 is 0 Å². The van der Waals surface area contributed by atoms with Crippen LogP contribution < -0.4 is 0 Å². The molecular formula is C20H26N2. The van der Waals surface area contributed by atoms with Crippen molar-refractivity contribution in [2.75, 3.05) is 13.1 Å². The van der Waals surface area contributed by atoms with E-state index in [0.29, 0.717) is 0 Å². The third kappa shape index (κ3) is 3.38. The smallest absolute Gasteiger partial charge is 0.0707 e. The lowest BCUT2D eigenvalue weighted by Crippen LogP contribution is -2.24. The molecule has 1 aromatic heterocycles. The standard InChI is InChI=1S/C20H26N2/c1-16-10-11-18(15-22-13-7-3-4-8-14-22)20(17(16)2)19-9-5-6-12-21-19/h5-6,9-12H,3-4,7-8,13-15H2,1-2H3. The molecule has 0 radical (unpaired) electrons. The summed E-state index contributed by atoms with van der Waals surface area (Å²) < 4.78 is 0. The number of rotatable bonds is 3. The molecule has 0 saturated carbocycles. The number of aryl methyl sites for hydroxylation is 1. The SMILES string of the molecule is Cc1ccc(CN2CCCCCC2)c(-c2ccccn2)c1C. The zero-order valence-electron chi connectivity index (χ0n) is 13.8. The van der Waals surface area contributed by atoms with Gasteiger partial charge in [-0.2, -0.15) is 0 Å².